The van der Waals surface area contributed by atoms with E-state index in [1.54, 1.807) is 12.1 Å². The minimum absolute atomic E-state index is 0.359. The first-order valence-corrected chi connectivity index (χ1v) is 9.74. The molecule has 0 unspecified atom stereocenters. The van der Waals surface area contributed by atoms with Crippen LogP contribution in [0.15, 0.2) is 29.2 Å². The fourth-order valence-corrected chi connectivity index (χ4v) is 3.99. The molecular formula is C10H13ClO2SSi. The highest BCUT2D eigenvalue weighted by molar-refractivity contribution is 8.01. The quantitative estimate of drug-likeness (QED) is 0.512. The summed E-state index contributed by atoms with van der Waals surface area (Å²) in [5.41, 5.74) is 0.359. The molecule has 0 aliphatic carbocycles. The van der Waals surface area contributed by atoms with Crippen LogP contribution in [0.25, 0.3) is 0 Å². The van der Waals surface area contributed by atoms with Crippen LogP contribution in [0.1, 0.15) is 10.4 Å². The fraction of sp³-hybridized carbons (Fsp3) is 0.300. The molecule has 0 aromatic heterocycles. The summed E-state index contributed by atoms with van der Waals surface area (Å²) >= 11 is 7.72. The van der Waals surface area contributed by atoms with E-state index in [9.17, 15) is 4.79 Å². The third-order valence-electron chi connectivity index (χ3n) is 1.69. The maximum Gasteiger partial charge on any atom is 0.336 e. The van der Waals surface area contributed by atoms with Crippen LogP contribution in [0.2, 0.25) is 13.1 Å². The zero-order valence-corrected chi connectivity index (χ0v) is 11.2. The summed E-state index contributed by atoms with van der Waals surface area (Å²) in [5, 5.41) is 9.78. The lowest BCUT2D eigenvalue weighted by atomic mass is 10.2. The first kappa shape index (κ1) is 12.6. The smallest absolute Gasteiger partial charge is 0.336 e. The van der Waals surface area contributed by atoms with Crippen molar-refractivity contribution in [1.29, 1.82) is 0 Å². The Morgan fingerprint density at radius 3 is 2.60 bits per heavy atom. The van der Waals surface area contributed by atoms with Crippen molar-refractivity contribution in [3.63, 3.8) is 0 Å². The van der Waals surface area contributed by atoms with Crippen molar-refractivity contribution in [2.24, 2.45) is 0 Å². The number of rotatable bonds is 4. The van der Waals surface area contributed by atoms with E-state index in [1.807, 2.05) is 25.2 Å². The largest absolute Gasteiger partial charge is 0.478 e. The average molecular weight is 261 g/mol. The summed E-state index contributed by atoms with van der Waals surface area (Å²) in [4.78, 5) is 11.7. The number of carboxylic acid groups (broad SMARTS) is 1. The summed E-state index contributed by atoms with van der Waals surface area (Å²) in [6.45, 7) is 4.09. The standard InChI is InChI=1S/C10H13ClO2SSi/c1-15(2,11)7-14-9-6-4-3-5-8(9)10(12)13/h3-6H,7H2,1-2H3,(H,12,13). The molecule has 1 rings (SSSR count). The number of thioether (sulfide) groups is 1. The van der Waals surface area contributed by atoms with Gasteiger partial charge in [-0.2, -0.15) is 11.1 Å². The Morgan fingerprint density at radius 1 is 1.47 bits per heavy atom. The maximum absolute atomic E-state index is 10.9. The number of hydrogen-bond donors (Lipinski definition) is 1. The van der Waals surface area contributed by atoms with Crippen molar-refractivity contribution in [3.8, 4) is 0 Å². The summed E-state index contributed by atoms with van der Waals surface area (Å²) in [6.07, 6.45) is 0. The van der Waals surface area contributed by atoms with Gasteiger partial charge in [0.05, 0.1) is 5.56 Å². The van der Waals surface area contributed by atoms with E-state index >= 15 is 0 Å². The van der Waals surface area contributed by atoms with Gasteiger partial charge in [0.2, 0.25) is 0 Å². The molecule has 0 spiro atoms. The minimum Gasteiger partial charge on any atom is -0.478 e. The number of hydrogen-bond acceptors (Lipinski definition) is 2. The van der Waals surface area contributed by atoms with Crippen molar-refractivity contribution >= 4 is 36.2 Å². The second-order valence-electron chi connectivity index (χ2n) is 3.81. The predicted molar refractivity (Wildman–Crippen MR) is 67.5 cm³/mol. The molecule has 1 N–H and O–H groups in total. The van der Waals surface area contributed by atoms with Gasteiger partial charge in [-0.1, -0.05) is 25.2 Å². The SMILES string of the molecule is C[Si](C)(Cl)CSc1ccccc1C(=O)O. The molecule has 0 aliphatic rings. The van der Waals surface area contributed by atoms with E-state index in [-0.39, 0.29) is 0 Å². The topological polar surface area (TPSA) is 37.3 Å². The van der Waals surface area contributed by atoms with Crippen molar-refractivity contribution in [2.45, 2.75) is 18.0 Å². The number of carboxylic acids is 1. The minimum atomic E-state index is -1.66. The van der Waals surface area contributed by atoms with Crippen LogP contribution in [0.3, 0.4) is 0 Å². The first-order valence-electron chi connectivity index (χ1n) is 4.54. The highest BCUT2D eigenvalue weighted by atomic mass is 35.6. The van der Waals surface area contributed by atoms with Crippen molar-refractivity contribution < 1.29 is 9.90 Å². The van der Waals surface area contributed by atoms with Gasteiger partial charge in [-0.25, -0.2) is 4.79 Å². The highest BCUT2D eigenvalue weighted by Crippen LogP contribution is 2.26. The van der Waals surface area contributed by atoms with Gasteiger partial charge in [0, 0.05) is 10.3 Å². The van der Waals surface area contributed by atoms with Crippen LogP contribution in [-0.4, -0.2) is 23.8 Å². The van der Waals surface area contributed by atoms with Gasteiger partial charge in [-0.15, -0.1) is 11.8 Å². The zero-order valence-electron chi connectivity index (χ0n) is 8.66. The van der Waals surface area contributed by atoms with Gasteiger partial charge in [-0.05, 0) is 12.1 Å². The van der Waals surface area contributed by atoms with Gasteiger partial charge in [0.15, 0.2) is 7.38 Å². The molecule has 2 nitrogen and oxygen atoms in total. The zero-order chi connectivity index (χ0) is 11.5. The molecule has 0 fully saturated rings. The molecular weight excluding hydrogens is 248 g/mol. The molecule has 1 aromatic carbocycles. The number of carbonyl (C=O) groups is 1. The Hall–Kier alpha value is -0.453. The van der Waals surface area contributed by atoms with Crippen LogP contribution in [0.5, 0.6) is 0 Å². The Balaban J connectivity index is 2.81. The molecule has 0 heterocycles. The Morgan fingerprint density at radius 2 is 2.07 bits per heavy atom. The van der Waals surface area contributed by atoms with E-state index in [0.29, 0.717) is 5.56 Å². The third kappa shape index (κ3) is 4.28. The summed E-state index contributed by atoms with van der Waals surface area (Å²) < 4.78 is 0. The van der Waals surface area contributed by atoms with Crippen molar-refractivity contribution in [3.05, 3.63) is 29.8 Å². The van der Waals surface area contributed by atoms with Gasteiger partial charge in [-0.3, -0.25) is 0 Å². The van der Waals surface area contributed by atoms with E-state index in [4.69, 9.17) is 16.2 Å². The monoisotopic (exact) mass is 260 g/mol. The number of benzene rings is 1. The molecule has 0 bridgehead atoms. The number of aromatic carboxylic acids is 1. The van der Waals surface area contributed by atoms with Gasteiger partial charge in [0.1, 0.15) is 0 Å². The lowest BCUT2D eigenvalue weighted by Gasteiger charge is -2.12. The van der Waals surface area contributed by atoms with Crippen LogP contribution < -0.4 is 0 Å². The Labute approximate surface area is 99.4 Å². The molecule has 0 radical (unpaired) electrons. The molecule has 15 heavy (non-hydrogen) atoms. The van der Waals surface area contributed by atoms with Crippen molar-refractivity contribution in [1.82, 2.24) is 0 Å². The van der Waals surface area contributed by atoms with Crippen LogP contribution >= 0.6 is 22.8 Å². The van der Waals surface area contributed by atoms with Crippen LogP contribution in [0.4, 0.5) is 0 Å². The lowest BCUT2D eigenvalue weighted by molar-refractivity contribution is 0.0693. The molecule has 0 amide bonds. The Bertz CT molecular complexity index is 363. The Kier molecular flexibility index (Phi) is 4.25. The van der Waals surface area contributed by atoms with Gasteiger partial charge >= 0.3 is 5.97 Å². The van der Waals surface area contributed by atoms with E-state index in [1.165, 1.54) is 11.8 Å². The molecule has 0 saturated carbocycles. The van der Waals surface area contributed by atoms with Crippen LogP contribution in [-0.2, 0) is 0 Å². The van der Waals surface area contributed by atoms with Gasteiger partial charge < -0.3 is 5.11 Å². The van der Waals surface area contributed by atoms with E-state index in [2.05, 4.69) is 0 Å². The first-order chi connectivity index (χ1) is 6.90. The highest BCUT2D eigenvalue weighted by Gasteiger charge is 2.19. The summed E-state index contributed by atoms with van der Waals surface area (Å²) in [7, 11) is -1.66. The summed E-state index contributed by atoms with van der Waals surface area (Å²) in [5.74, 6) is -0.882. The van der Waals surface area contributed by atoms with Crippen molar-refractivity contribution in [2.75, 3.05) is 5.38 Å². The summed E-state index contributed by atoms with van der Waals surface area (Å²) in [6, 6.07) is 7.02. The van der Waals surface area contributed by atoms with E-state index in [0.717, 1.165) is 10.3 Å². The molecule has 5 heteroatoms. The molecule has 0 aliphatic heterocycles. The fourth-order valence-electron chi connectivity index (χ4n) is 1.02. The second-order valence-corrected chi connectivity index (χ2v) is 12.2. The van der Waals surface area contributed by atoms with Crippen LogP contribution in [0, 0.1) is 0 Å². The molecule has 82 valence electrons. The molecule has 1 aromatic rings. The number of halogens is 1. The van der Waals surface area contributed by atoms with E-state index < -0.39 is 13.4 Å². The predicted octanol–water partition coefficient (Wildman–Crippen LogP) is 3.46. The second kappa shape index (κ2) is 5.05. The molecule has 0 atom stereocenters. The lowest BCUT2D eigenvalue weighted by Crippen LogP contribution is -2.20. The third-order valence-corrected chi connectivity index (χ3v) is 6.66. The maximum atomic E-state index is 10.9. The normalized spacial score (nSPS) is 11.4. The molecule has 0 saturated heterocycles. The average Bonchev–Trinajstić information content (AvgIpc) is 2.14. The van der Waals surface area contributed by atoms with Gasteiger partial charge in [0.25, 0.3) is 0 Å².